The van der Waals surface area contributed by atoms with E-state index in [4.69, 9.17) is 10.5 Å². The van der Waals surface area contributed by atoms with E-state index >= 15 is 0 Å². The van der Waals surface area contributed by atoms with Crippen molar-refractivity contribution in [2.24, 2.45) is 0 Å². The maximum absolute atomic E-state index is 12.5. The Morgan fingerprint density at radius 3 is 2.47 bits per heavy atom. The van der Waals surface area contributed by atoms with E-state index in [1.54, 1.807) is 0 Å². The molecule has 0 unspecified atom stereocenters. The average Bonchev–Trinajstić information content (AvgIpc) is 2.29. The maximum Gasteiger partial charge on any atom is 0.426 e. The number of aliphatic hydroxyl groups is 1. The van der Waals surface area contributed by atoms with Gasteiger partial charge in [-0.3, -0.25) is 4.79 Å². The minimum absolute atomic E-state index is 0.0220. The second-order valence-corrected chi connectivity index (χ2v) is 3.98. The van der Waals surface area contributed by atoms with Gasteiger partial charge < -0.3 is 20.9 Å². The van der Waals surface area contributed by atoms with Gasteiger partial charge in [-0.25, -0.2) is 0 Å². The van der Waals surface area contributed by atoms with Gasteiger partial charge in [0, 0.05) is 11.8 Å². The fourth-order valence-electron chi connectivity index (χ4n) is 1.18. The molecule has 8 heteroatoms. The van der Waals surface area contributed by atoms with E-state index in [0.717, 1.165) is 0 Å². The minimum Gasteiger partial charge on any atom is -0.494 e. The molecule has 0 aliphatic rings. The van der Waals surface area contributed by atoms with Crippen LogP contribution < -0.4 is 15.8 Å². The number of methoxy groups -OCH3 is 1. The summed E-state index contributed by atoms with van der Waals surface area (Å²) in [4.78, 5) is 11.5. The van der Waals surface area contributed by atoms with Crippen LogP contribution in [0.4, 0.5) is 24.5 Å². The Balaban J connectivity index is 3.01. The first-order valence-corrected chi connectivity index (χ1v) is 5.13. The summed E-state index contributed by atoms with van der Waals surface area (Å²) in [7, 11) is 1.27. The molecule has 1 amide bonds. The van der Waals surface area contributed by atoms with Crippen molar-refractivity contribution in [1.29, 1.82) is 0 Å². The summed E-state index contributed by atoms with van der Waals surface area (Å²) in [6, 6.07) is 3.98. The van der Waals surface area contributed by atoms with E-state index in [2.05, 4.69) is 0 Å². The average molecular weight is 278 g/mol. The summed E-state index contributed by atoms with van der Waals surface area (Å²) in [5.41, 5.74) is 2.26. The lowest BCUT2D eigenvalue weighted by atomic mass is 10.1. The fraction of sp³-hybridized carbons (Fsp3) is 0.364. The van der Waals surface area contributed by atoms with Gasteiger partial charge in [0.2, 0.25) is 5.60 Å². The third-order valence-electron chi connectivity index (χ3n) is 2.47. The maximum atomic E-state index is 12.5. The predicted molar refractivity (Wildman–Crippen MR) is 62.7 cm³/mol. The summed E-state index contributed by atoms with van der Waals surface area (Å²) < 4.78 is 42.3. The Morgan fingerprint density at radius 1 is 1.42 bits per heavy atom. The number of nitrogen functional groups attached to an aromatic ring is 1. The zero-order valence-corrected chi connectivity index (χ0v) is 10.2. The van der Waals surface area contributed by atoms with Crippen LogP contribution in [0.2, 0.25) is 0 Å². The molecular formula is C11H13F3N2O3. The molecule has 0 radical (unpaired) electrons. The van der Waals surface area contributed by atoms with Gasteiger partial charge in [0.05, 0.1) is 12.8 Å². The molecule has 0 saturated carbocycles. The van der Waals surface area contributed by atoms with Crippen LogP contribution in [0.3, 0.4) is 0 Å². The number of nitrogens with two attached hydrogens (primary N) is 1. The molecule has 19 heavy (non-hydrogen) atoms. The number of alkyl halides is 3. The lowest BCUT2D eigenvalue weighted by Gasteiger charge is -2.25. The lowest BCUT2D eigenvalue weighted by molar-refractivity contribution is -0.242. The number of ether oxygens (including phenoxy) is 1. The molecule has 1 rings (SSSR count). The van der Waals surface area contributed by atoms with Crippen LogP contribution in [0.5, 0.6) is 5.75 Å². The molecule has 0 heterocycles. The van der Waals surface area contributed by atoms with E-state index < -0.39 is 17.7 Å². The number of anilines is 2. The zero-order chi connectivity index (χ0) is 14.8. The number of carbonyl (C=O) groups excluding carboxylic acids is 1. The van der Waals surface area contributed by atoms with Crippen molar-refractivity contribution in [2.45, 2.75) is 18.7 Å². The Hall–Kier alpha value is -1.96. The summed E-state index contributed by atoms with van der Waals surface area (Å²) >= 11 is 0. The molecule has 0 spiro atoms. The molecule has 0 fully saturated rings. The highest BCUT2D eigenvalue weighted by Gasteiger charge is 2.55. The molecule has 5 nitrogen and oxygen atoms in total. The highest BCUT2D eigenvalue weighted by Crippen LogP contribution is 2.33. The molecule has 1 aromatic rings. The van der Waals surface area contributed by atoms with Crippen LogP contribution in [0.15, 0.2) is 18.2 Å². The molecule has 0 saturated heterocycles. The Kier molecular flexibility index (Phi) is 3.94. The first-order chi connectivity index (χ1) is 8.59. The van der Waals surface area contributed by atoms with Gasteiger partial charge >= 0.3 is 6.18 Å². The van der Waals surface area contributed by atoms with Crippen LogP contribution in [0, 0.1) is 0 Å². The van der Waals surface area contributed by atoms with Gasteiger partial charge in [-0.05, 0) is 19.1 Å². The van der Waals surface area contributed by atoms with Gasteiger partial charge in [-0.2, -0.15) is 13.2 Å². The SMILES string of the molecule is COc1cc(N)ccc1NC(=O)[C@@](C)(O)C(F)(F)F. The number of amides is 1. The zero-order valence-electron chi connectivity index (χ0n) is 10.2. The number of rotatable bonds is 3. The monoisotopic (exact) mass is 278 g/mol. The van der Waals surface area contributed by atoms with Gasteiger partial charge in [0.1, 0.15) is 5.75 Å². The molecule has 0 aromatic heterocycles. The summed E-state index contributed by atoms with van der Waals surface area (Å²) in [5, 5.41) is 11.1. The van der Waals surface area contributed by atoms with Crippen LogP contribution in [-0.4, -0.2) is 29.9 Å². The van der Waals surface area contributed by atoms with E-state index in [-0.39, 0.29) is 11.4 Å². The molecule has 0 aliphatic carbocycles. The van der Waals surface area contributed by atoms with E-state index in [0.29, 0.717) is 12.6 Å². The Morgan fingerprint density at radius 2 is 2.00 bits per heavy atom. The van der Waals surface area contributed by atoms with Crippen molar-refractivity contribution < 1.29 is 27.8 Å². The standard InChI is InChI=1S/C11H13F3N2O3/c1-10(18,11(12,13)14)9(17)16-7-4-3-6(15)5-8(7)19-2/h3-5,18H,15H2,1-2H3,(H,16,17)/t10-/m1/s1. The number of hydrogen-bond acceptors (Lipinski definition) is 4. The van der Waals surface area contributed by atoms with Crippen molar-refractivity contribution in [3.63, 3.8) is 0 Å². The molecule has 0 aliphatic heterocycles. The number of benzene rings is 1. The number of carbonyl (C=O) groups is 1. The summed E-state index contributed by atoms with van der Waals surface area (Å²) in [5.74, 6) is -1.52. The fourth-order valence-corrected chi connectivity index (χ4v) is 1.18. The van der Waals surface area contributed by atoms with Crippen molar-refractivity contribution in [1.82, 2.24) is 0 Å². The topological polar surface area (TPSA) is 84.6 Å². The normalized spacial score (nSPS) is 14.6. The number of hydrogen-bond donors (Lipinski definition) is 3. The molecule has 1 aromatic carbocycles. The lowest BCUT2D eigenvalue weighted by Crippen LogP contribution is -2.52. The first-order valence-electron chi connectivity index (χ1n) is 5.13. The van der Waals surface area contributed by atoms with Crippen LogP contribution in [0.1, 0.15) is 6.92 Å². The Labute approximate surface area is 107 Å². The van der Waals surface area contributed by atoms with Gasteiger partial charge in [-0.15, -0.1) is 0 Å². The third kappa shape index (κ3) is 3.08. The van der Waals surface area contributed by atoms with Gasteiger partial charge in [0.15, 0.2) is 0 Å². The molecular weight excluding hydrogens is 265 g/mol. The van der Waals surface area contributed by atoms with E-state index in [9.17, 15) is 23.1 Å². The second-order valence-electron chi connectivity index (χ2n) is 3.98. The molecule has 106 valence electrons. The minimum atomic E-state index is -5.09. The number of nitrogens with one attached hydrogen (secondary N) is 1. The van der Waals surface area contributed by atoms with Crippen LogP contribution >= 0.6 is 0 Å². The van der Waals surface area contributed by atoms with Crippen molar-refractivity contribution in [3.05, 3.63) is 18.2 Å². The van der Waals surface area contributed by atoms with E-state index in [1.165, 1.54) is 25.3 Å². The van der Waals surface area contributed by atoms with Crippen molar-refractivity contribution in [2.75, 3.05) is 18.2 Å². The largest absolute Gasteiger partial charge is 0.494 e. The predicted octanol–water partition coefficient (Wildman–Crippen LogP) is 1.53. The van der Waals surface area contributed by atoms with Gasteiger partial charge in [-0.1, -0.05) is 0 Å². The third-order valence-corrected chi connectivity index (χ3v) is 2.47. The van der Waals surface area contributed by atoms with E-state index in [1.807, 2.05) is 5.32 Å². The summed E-state index contributed by atoms with van der Waals surface area (Å²) in [6.07, 6.45) is -5.09. The van der Waals surface area contributed by atoms with Crippen LogP contribution in [0.25, 0.3) is 0 Å². The second kappa shape index (κ2) is 4.96. The highest BCUT2D eigenvalue weighted by molar-refractivity contribution is 5.98. The smallest absolute Gasteiger partial charge is 0.426 e. The molecule has 0 bridgehead atoms. The Bertz CT molecular complexity index is 487. The van der Waals surface area contributed by atoms with Crippen molar-refractivity contribution in [3.8, 4) is 5.75 Å². The first kappa shape index (κ1) is 15.1. The molecule has 4 N–H and O–H groups in total. The van der Waals surface area contributed by atoms with Gasteiger partial charge in [0.25, 0.3) is 5.91 Å². The quantitative estimate of drug-likeness (QED) is 0.732. The molecule has 1 atom stereocenters. The number of halogens is 3. The van der Waals surface area contributed by atoms with Crippen LogP contribution in [-0.2, 0) is 4.79 Å². The summed E-state index contributed by atoms with van der Waals surface area (Å²) in [6.45, 7) is 0.367. The highest BCUT2D eigenvalue weighted by atomic mass is 19.4. The van der Waals surface area contributed by atoms with Crippen molar-refractivity contribution >= 4 is 17.3 Å².